The van der Waals surface area contributed by atoms with Gasteiger partial charge in [0, 0.05) is 42.2 Å². The van der Waals surface area contributed by atoms with Crippen molar-refractivity contribution in [2.24, 2.45) is 0 Å². The molecule has 7 nitrogen and oxygen atoms in total. The van der Waals surface area contributed by atoms with Crippen LogP contribution in [0.15, 0.2) is 65.3 Å². The van der Waals surface area contributed by atoms with E-state index in [1.165, 1.54) is 5.56 Å². The van der Waals surface area contributed by atoms with Crippen molar-refractivity contribution in [2.75, 3.05) is 31.1 Å². The largest absolute Gasteiger partial charge is 0.468 e. The highest BCUT2D eigenvalue weighted by Gasteiger charge is 2.23. The summed E-state index contributed by atoms with van der Waals surface area (Å²) in [6, 6.07) is 18.1. The van der Waals surface area contributed by atoms with Gasteiger partial charge in [0.1, 0.15) is 5.76 Å². The first-order valence-corrected chi connectivity index (χ1v) is 11.9. The molecule has 4 heterocycles. The van der Waals surface area contributed by atoms with Crippen molar-refractivity contribution in [3.05, 3.63) is 77.2 Å². The van der Waals surface area contributed by atoms with E-state index in [0.29, 0.717) is 5.02 Å². The Morgan fingerprint density at radius 2 is 1.91 bits per heavy atom. The summed E-state index contributed by atoms with van der Waals surface area (Å²) in [7, 11) is 0. The van der Waals surface area contributed by atoms with Gasteiger partial charge in [-0.1, -0.05) is 35.4 Å². The second-order valence-corrected chi connectivity index (χ2v) is 9.26. The molecule has 0 N–H and O–H groups in total. The molecule has 0 atom stereocenters. The predicted octanol–water partition coefficient (Wildman–Crippen LogP) is 5.21. The lowest BCUT2D eigenvalue weighted by Gasteiger charge is -2.24. The van der Waals surface area contributed by atoms with E-state index in [-0.39, 0.29) is 0 Å². The van der Waals surface area contributed by atoms with Crippen LogP contribution in [0.4, 0.5) is 5.95 Å². The fraction of sp³-hybridized carbons (Fsp3) is 0.269. The zero-order chi connectivity index (χ0) is 23.1. The zero-order valence-electron chi connectivity index (χ0n) is 19.0. The molecule has 0 saturated carbocycles. The molecular formula is C26H25ClN6O. The van der Waals surface area contributed by atoms with Gasteiger partial charge in [0.05, 0.1) is 18.3 Å². The monoisotopic (exact) mass is 472 g/mol. The average molecular weight is 473 g/mol. The van der Waals surface area contributed by atoms with Crippen LogP contribution in [0.5, 0.6) is 0 Å². The zero-order valence-corrected chi connectivity index (χ0v) is 19.7. The van der Waals surface area contributed by atoms with E-state index in [2.05, 4.69) is 55.6 Å². The van der Waals surface area contributed by atoms with Crippen LogP contribution in [0.25, 0.3) is 27.9 Å². The van der Waals surface area contributed by atoms with Gasteiger partial charge in [-0.15, -0.1) is 10.2 Å². The van der Waals surface area contributed by atoms with Gasteiger partial charge in [0.25, 0.3) is 0 Å². The van der Waals surface area contributed by atoms with Crippen LogP contribution in [0.1, 0.15) is 17.7 Å². The summed E-state index contributed by atoms with van der Waals surface area (Å²) in [5.74, 6) is 2.65. The van der Waals surface area contributed by atoms with Crippen molar-refractivity contribution in [2.45, 2.75) is 19.9 Å². The molecule has 34 heavy (non-hydrogen) atoms. The molecule has 0 aliphatic carbocycles. The molecule has 1 aliphatic heterocycles. The summed E-state index contributed by atoms with van der Waals surface area (Å²) in [5, 5.41) is 10.8. The third kappa shape index (κ3) is 3.91. The Morgan fingerprint density at radius 3 is 2.76 bits per heavy atom. The van der Waals surface area contributed by atoms with Crippen LogP contribution in [-0.4, -0.2) is 50.7 Å². The smallest absolute Gasteiger partial charge is 0.213 e. The molecule has 0 amide bonds. The van der Waals surface area contributed by atoms with E-state index in [9.17, 15) is 0 Å². The molecular weight excluding hydrogens is 448 g/mol. The first-order valence-electron chi connectivity index (χ1n) is 11.6. The highest BCUT2D eigenvalue weighted by atomic mass is 35.5. The second-order valence-electron chi connectivity index (χ2n) is 8.82. The van der Waals surface area contributed by atoms with Crippen molar-refractivity contribution < 1.29 is 4.42 Å². The maximum absolute atomic E-state index is 6.33. The number of nitrogens with zero attached hydrogens (tertiary/aromatic N) is 6. The lowest BCUT2D eigenvalue weighted by atomic mass is 10.1. The summed E-state index contributed by atoms with van der Waals surface area (Å²) < 4.78 is 7.67. The Hall–Kier alpha value is -3.42. The Balaban J connectivity index is 1.45. The van der Waals surface area contributed by atoms with Crippen molar-refractivity contribution in [3.8, 4) is 11.4 Å². The molecule has 1 saturated heterocycles. The van der Waals surface area contributed by atoms with Gasteiger partial charge >= 0.3 is 0 Å². The maximum atomic E-state index is 6.33. The molecule has 8 heteroatoms. The van der Waals surface area contributed by atoms with Gasteiger partial charge in [0.2, 0.25) is 5.95 Å². The molecule has 5 aromatic rings. The van der Waals surface area contributed by atoms with E-state index < -0.39 is 0 Å². The first-order chi connectivity index (χ1) is 16.7. The van der Waals surface area contributed by atoms with Gasteiger partial charge in [-0.2, -0.15) is 0 Å². The minimum absolute atomic E-state index is 0.661. The minimum atomic E-state index is 0.661. The van der Waals surface area contributed by atoms with Crippen LogP contribution in [-0.2, 0) is 6.54 Å². The number of halogens is 1. The number of hydrogen-bond donors (Lipinski definition) is 0. The van der Waals surface area contributed by atoms with Crippen LogP contribution in [0, 0.1) is 6.92 Å². The second kappa shape index (κ2) is 8.74. The Kier molecular flexibility index (Phi) is 5.43. The standard InChI is InChI=1S/C26H25ClN6O/c1-18-5-2-6-19(15-18)24-29-30-25-22-9-8-20(27)16-23(22)28-26(33(24)25)32-11-4-10-31(12-13-32)17-21-7-3-14-34-21/h2-3,5-9,14-16H,4,10-13,17H2,1H3. The number of benzene rings is 2. The van der Waals surface area contributed by atoms with E-state index in [1.807, 2.05) is 30.3 Å². The molecule has 3 aromatic heterocycles. The van der Waals surface area contributed by atoms with Gasteiger partial charge in [-0.05, 0) is 49.7 Å². The predicted molar refractivity (Wildman–Crippen MR) is 134 cm³/mol. The highest BCUT2D eigenvalue weighted by Crippen LogP contribution is 2.30. The Morgan fingerprint density at radius 1 is 0.971 bits per heavy atom. The molecule has 0 bridgehead atoms. The number of aromatic nitrogens is 4. The third-order valence-corrected chi connectivity index (χ3v) is 6.63. The molecule has 1 fully saturated rings. The van der Waals surface area contributed by atoms with Crippen LogP contribution in [0.3, 0.4) is 0 Å². The van der Waals surface area contributed by atoms with Gasteiger partial charge in [-0.25, -0.2) is 9.38 Å². The summed E-state index contributed by atoms with van der Waals surface area (Å²) >= 11 is 6.33. The topological polar surface area (TPSA) is 62.7 Å². The first kappa shape index (κ1) is 21.1. The van der Waals surface area contributed by atoms with Gasteiger partial charge in [-0.3, -0.25) is 4.90 Å². The molecule has 172 valence electrons. The lowest BCUT2D eigenvalue weighted by molar-refractivity contribution is 0.260. The summed E-state index contributed by atoms with van der Waals surface area (Å²) in [4.78, 5) is 9.88. The summed E-state index contributed by atoms with van der Waals surface area (Å²) in [6.45, 7) is 6.57. The molecule has 1 aliphatic rings. The molecule has 0 radical (unpaired) electrons. The molecule has 0 unspecified atom stereocenters. The van der Waals surface area contributed by atoms with Gasteiger partial charge < -0.3 is 9.32 Å². The SMILES string of the molecule is Cc1cccc(-c2nnc3c4ccc(Cl)cc4nc(N4CCCN(Cc5ccco5)CC4)n23)c1. The average Bonchev–Trinajstić information content (AvgIpc) is 3.45. The van der Waals surface area contributed by atoms with Crippen LogP contribution < -0.4 is 4.90 Å². The number of hydrogen-bond acceptors (Lipinski definition) is 6. The quantitative estimate of drug-likeness (QED) is 0.357. The number of aryl methyl sites for hydroxylation is 1. The van der Waals surface area contributed by atoms with Crippen molar-refractivity contribution >= 4 is 34.1 Å². The Labute approximate surface area is 202 Å². The van der Waals surface area contributed by atoms with E-state index in [0.717, 1.165) is 78.8 Å². The number of fused-ring (bicyclic) bond motifs is 3. The van der Waals surface area contributed by atoms with Crippen molar-refractivity contribution in [1.29, 1.82) is 0 Å². The van der Waals surface area contributed by atoms with Crippen molar-refractivity contribution in [3.63, 3.8) is 0 Å². The molecule has 0 spiro atoms. The molecule has 6 rings (SSSR count). The summed E-state index contributed by atoms with van der Waals surface area (Å²) in [6.07, 6.45) is 2.76. The fourth-order valence-corrected chi connectivity index (χ4v) is 4.89. The Bertz CT molecular complexity index is 1460. The molecule has 2 aromatic carbocycles. The van der Waals surface area contributed by atoms with E-state index in [4.69, 9.17) is 21.0 Å². The van der Waals surface area contributed by atoms with E-state index >= 15 is 0 Å². The number of anilines is 1. The summed E-state index contributed by atoms with van der Waals surface area (Å²) in [5.41, 5.74) is 3.83. The van der Waals surface area contributed by atoms with Crippen LogP contribution >= 0.6 is 11.6 Å². The lowest BCUT2D eigenvalue weighted by Crippen LogP contribution is -2.32. The normalized spacial score (nSPS) is 15.3. The number of rotatable bonds is 4. The maximum Gasteiger partial charge on any atom is 0.213 e. The van der Waals surface area contributed by atoms with Crippen molar-refractivity contribution in [1.82, 2.24) is 24.5 Å². The number of furan rings is 1. The highest BCUT2D eigenvalue weighted by molar-refractivity contribution is 6.31. The van der Waals surface area contributed by atoms with Gasteiger partial charge in [0.15, 0.2) is 11.5 Å². The minimum Gasteiger partial charge on any atom is -0.468 e. The van der Waals surface area contributed by atoms with E-state index in [1.54, 1.807) is 6.26 Å². The third-order valence-electron chi connectivity index (χ3n) is 6.39. The fourth-order valence-electron chi connectivity index (χ4n) is 4.73. The van der Waals surface area contributed by atoms with Crippen LogP contribution in [0.2, 0.25) is 5.02 Å².